The summed E-state index contributed by atoms with van der Waals surface area (Å²) < 4.78 is 17.8. The molecule has 1 aromatic rings. The van der Waals surface area contributed by atoms with Crippen molar-refractivity contribution in [2.45, 2.75) is 13.0 Å². The van der Waals surface area contributed by atoms with E-state index in [1.54, 1.807) is 19.1 Å². The topological polar surface area (TPSA) is 33.0 Å². The third-order valence-corrected chi connectivity index (χ3v) is 1.32. The molecule has 0 aromatic heterocycles. The Bertz CT molecular complexity index is 306. The predicted molar refractivity (Wildman–Crippen MR) is 42.1 cm³/mol. The molecule has 0 aliphatic carbocycles. The van der Waals surface area contributed by atoms with Gasteiger partial charge >= 0.3 is 0 Å². The van der Waals surface area contributed by atoms with E-state index in [0.29, 0.717) is 0 Å². The summed E-state index contributed by atoms with van der Waals surface area (Å²) in [6.07, 6.45) is -0.623. The predicted octanol–water partition coefficient (Wildman–Crippen LogP) is 2.12. The smallest absolute Gasteiger partial charge is 0.181 e. The van der Waals surface area contributed by atoms with E-state index in [2.05, 4.69) is 0 Å². The zero-order chi connectivity index (χ0) is 8.97. The standard InChI is InChI=1S/C9H8FNO/c1-7(6-11)12-9-5-3-2-4-8(9)10/h2-5,7H,1H3. The third kappa shape index (κ3) is 1.96. The van der Waals surface area contributed by atoms with Gasteiger partial charge in [0.25, 0.3) is 0 Å². The number of benzene rings is 1. The van der Waals surface area contributed by atoms with Crippen molar-refractivity contribution in [3.63, 3.8) is 0 Å². The maximum absolute atomic E-state index is 12.9. The monoisotopic (exact) mass is 165 g/mol. The molecule has 12 heavy (non-hydrogen) atoms. The van der Waals surface area contributed by atoms with Crippen molar-refractivity contribution in [3.05, 3.63) is 30.1 Å². The molecule has 0 heterocycles. The van der Waals surface area contributed by atoms with Crippen molar-refractivity contribution >= 4 is 0 Å². The number of hydrogen-bond acceptors (Lipinski definition) is 2. The van der Waals surface area contributed by atoms with Crippen LogP contribution in [-0.2, 0) is 0 Å². The van der Waals surface area contributed by atoms with E-state index >= 15 is 0 Å². The molecule has 1 unspecified atom stereocenters. The zero-order valence-electron chi connectivity index (χ0n) is 6.62. The first-order valence-corrected chi connectivity index (χ1v) is 3.55. The van der Waals surface area contributed by atoms with Gasteiger partial charge in [0.1, 0.15) is 6.07 Å². The highest BCUT2D eigenvalue weighted by Crippen LogP contribution is 2.16. The number of halogens is 1. The number of nitrogens with zero attached hydrogens (tertiary/aromatic N) is 1. The van der Waals surface area contributed by atoms with Crippen LogP contribution >= 0.6 is 0 Å². The highest BCUT2D eigenvalue weighted by molar-refractivity contribution is 5.24. The van der Waals surface area contributed by atoms with Crippen LogP contribution in [0.4, 0.5) is 4.39 Å². The van der Waals surface area contributed by atoms with Gasteiger partial charge in [-0.05, 0) is 19.1 Å². The van der Waals surface area contributed by atoms with Crippen LogP contribution in [0.25, 0.3) is 0 Å². The summed E-state index contributed by atoms with van der Waals surface area (Å²) in [6.45, 7) is 1.56. The van der Waals surface area contributed by atoms with Gasteiger partial charge < -0.3 is 4.74 Å². The van der Waals surface area contributed by atoms with Crippen LogP contribution in [0.2, 0.25) is 0 Å². The van der Waals surface area contributed by atoms with E-state index < -0.39 is 11.9 Å². The summed E-state index contributed by atoms with van der Waals surface area (Å²) in [6, 6.07) is 7.86. The Labute approximate surface area is 70.2 Å². The molecule has 1 atom stereocenters. The summed E-state index contributed by atoms with van der Waals surface area (Å²) in [5.41, 5.74) is 0. The molecule has 0 bridgehead atoms. The number of hydrogen-bond donors (Lipinski definition) is 0. The minimum Gasteiger partial charge on any atom is -0.473 e. The average molecular weight is 165 g/mol. The molecule has 3 heteroatoms. The number of nitriles is 1. The van der Waals surface area contributed by atoms with Crippen molar-refractivity contribution < 1.29 is 9.13 Å². The van der Waals surface area contributed by atoms with Gasteiger partial charge in [-0.1, -0.05) is 12.1 Å². The van der Waals surface area contributed by atoms with E-state index in [-0.39, 0.29) is 5.75 Å². The van der Waals surface area contributed by atoms with Gasteiger partial charge in [-0.15, -0.1) is 0 Å². The molecular weight excluding hydrogens is 157 g/mol. The molecule has 0 aliphatic rings. The third-order valence-electron chi connectivity index (χ3n) is 1.32. The lowest BCUT2D eigenvalue weighted by atomic mass is 10.3. The molecule has 0 saturated carbocycles. The normalized spacial score (nSPS) is 11.8. The largest absolute Gasteiger partial charge is 0.473 e. The van der Waals surface area contributed by atoms with E-state index in [1.807, 2.05) is 6.07 Å². The van der Waals surface area contributed by atoms with Crippen LogP contribution in [0.15, 0.2) is 24.3 Å². The van der Waals surface area contributed by atoms with Crippen molar-refractivity contribution in [3.8, 4) is 11.8 Å². The molecule has 0 fully saturated rings. The Balaban J connectivity index is 2.77. The van der Waals surface area contributed by atoms with Crippen molar-refractivity contribution in [2.24, 2.45) is 0 Å². The van der Waals surface area contributed by atoms with Crippen LogP contribution in [0, 0.1) is 17.1 Å². The molecule has 0 spiro atoms. The van der Waals surface area contributed by atoms with Crippen molar-refractivity contribution in [2.75, 3.05) is 0 Å². The molecule has 0 N–H and O–H groups in total. The second-order valence-corrected chi connectivity index (χ2v) is 2.32. The number of rotatable bonds is 2. The van der Waals surface area contributed by atoms with Crippen LogP contribution in [-0.4, -0.2) is 6.10 Å². The lowest BCUT2D eigenvalue weighted by Gasteiger charge is -2.07. The highest BCUT2D eigenvalue weighted by Gasteiger charge is 2.05. The van der Waals surface area contributed by atoms with Gasteiger partial charge in [0.15, 0.2) is 17.7 Å². The molecule has 0 radical (unpaired) electrons. The second-order valence-electron chi connectivity index (χ2n) is 2.32. The molecule has 0 saturated heterocycles. The highest BCUT2D eigenvalue weighted by atomic mass is 19.1. The Morgan fingerprint density at radius 3 is 2.75 bits per heavy atom. The van der Waals surface area contributed by atoms with Crippen LogP contribution in [0.5, 0.6) is 5.75 Å². The Hall–Kier alpha value is -1.56. The first-order valence-electron chi connectivity index (χ1n) is 3.55. The van der Waals surface area contributed by atoms with E-state index in [4.69, 9.17) is 10.00 Å². The van der Waals surface area contributed by atoms with Gasteiger partial charge in [0, 0.05) is 0 Å². The summed E-state index contributed by atoms with van der Waals surface area (Å²) in [5.74, 6) is -0.328. The van der Waals surface area contributed by atoms with Crippen LogP contribution < -0.4 is 4.74 Å². The first-order chi connectivity index (χ1) is 5.74. The number of ether oxygens (including phenoxy) is 1. The summed E-state index contributed by atoms with van der Waals surface area (Å²) >= 11 is 0. The van der Waals surface area contributed by atoms with Crippen molar-refractivity contribution in [1.29, 1.82) is 5.26 Å². The molecular formula is C9H8FNO. The van der Waals surface area contributed by atoms with Crippen LogP contribution in [0.3, 0.4) is 0 Å². The quantitative estimate of drug-likeness (QED) is 0.672. The Morgan fingerprint density at radius 1 is 1.50 bits per heavy atom. The van der Waals surface area contributed by atoms with Gasteiger partial charge in [0.2, 0.25) is 0 Å². The molecule has 1 rings (SSSR count). The zero-order valence-corrected chi connectivity index (χ0v) is 6.62. The van der Waals surface area contributed by atoms with Crippen LogP contribution in [0.1, 0.15) is 6.92 Å². The lowest BCUT2D eigenvalue weighted by Crippen LogP contribution is -2.08. The first kappa shape index (κ1) is 8.54. The summed E-state index contributed by atoms with van der Waals surface area (Å²) in [4.78, 5) is 0. The second kappa shape index (κ2) is 3.72. The summed E-state index contributed by atoms with van der Waals surface area (Å²) in [7, 11) is 0. The molecule has 1 aromatic carbocycles. The van der Waals surface area contributed by atoms with Gasteiger partial charge in [-0.2, -0.15) is 5.26 Å². The summed E-state index contributed by atoms with van der Waals surface area (Å²) in [5, 5.41) is 8.39. The fourth-order valence-electron chi connectivity index (χ4n) is 0.757. The van der Waals surface area contributed by atoms with Gasteiger partial charge in [-0.25, -0.2) is 4.39 Å². The molecule has 0 amide bonds. The number of para-hydroxylation sites is 1. The fourth-order valence-corrected chi connectivity index (χ4v) is 0.757. The van der Waals surface area contributed by atoms with Gasteiger partial charge in [-0.3, -0.25) is 0 Å². The van der Waals surface area contributed by atoms with E-state index in [0.717, 1.165) is 0 Å². The van der Waals surface area contributed by atoms with Crippen molar-refractivity contribution in [1.82, 2.24) is 0 Å². The van der Waals surface area contributed by atoms with Gasteiger partial charge in [0.05, 0.1) is 0 Å². The Kier molecular flexibility index (Phi) is 2.65. The SMILES string of the molecule is CC(C#N)Oc1ccccc1F. The fraction of sp³-hybridized carbons (Fsp3) is 0.222. The lowest BCUT2D eigenvalue weighted by molar-refractivity contribution is 0.263. The maximum atomic E-state index is 12.9. The molecule has 0 aliphatic heterocycles. The average Bonchev–Trinajstić information content (AvgIpc) is 2.09. The maximum Gasteiger partial charge on any atom is 0.181 e. The molecule has 2 nitrogen and oxygen atoms in total. The van der Waals surface area contributed by atoms with E-state index in [9.17, 15) is 4.39 Å². The Morgan fingerprint density at radius 2 is 2.17 bits per heavy atom. The van der Waals surface area contributed by atoms with E-state index in [1.165, 1.54) is 12.1 Å². The minimum atomic E-state index is -0.623. The molecule has 62 valence electrons. The minimum absolute atomic E-state index is 0.117.